The summed E-state index contributed by atoms with van der Waals surface area (Å²) >= 11 is 3.38. The molecule has 2 rings (SSSR count). The second-order valence-electron chi connectivity index (χ2n) is 4.43. The predicted molar refractivity (Wildman–Crippen MR) is 74.9 cm³/mol. The summed E-state index contributed by atoms with van der Waals surface area (Å²) in [5.41, 5.74) is 2.26. The molecule has 4 heteroatoms. The first-order valence-corrected chi connectivity index (χ1v) is 6.49. The van der Waals surface area contributed by atoms with Crippen LogP contribution in [0.4, 0.5) is 0 Å². The number of hydrogen-bond acceptors (Lipinski definition) is 1. The van der Waals surface area contributed by atoms with Crippen molar-refractivity contribution >= 4 is 21.9 Å². The van der Waals surface area contributed by atoms with Crippen LogP contribution in [0, 0.1) is 0 Å². The van der Waals surface area contributed by atoms with Gasteiger partial charge in [0.1, 0.15) is 5.69 Å². The maximum Gasteiger partial charge on any atom is 0.352 e. The normalized spacial score (nSPS) is 10.9. The van der Waals surface area contributed by atoms with Gasteiger partial charge in [-0.2, -0.15) is 0 Å². The fraction of sp³-hybridized carbons (Fsp3) is 0.214. The van der Waals surface area contributed by atoms with Gasteiger partial charge in [-0.25, -0.2) is 4.79 Å². The maximum absolute atomic E-state index is 11.2. The summed E-state index contributed by atoms with van der Waals surface area (Å²) in [5.74, 6) is -0.896. The van der Waals surface area contributed by atoms with E-state index in [1.54, 1.807) is 10.6 Å². The number of rotatable bonds is 3. The number of carbonyl (C=O) groups is 1. The summed E-state index contributed by atoms with van der Waals surface area (Å²) in [6, 6.07) is 9.67. The van der Waals surface area contributed by atoms with Gasteiger partial charge in [0.25, 0.3) is 0 Å². The number of benzene rings is 1. The monoisotopic (exact) mass is 307 g/mol. The summed E-state index contributed by atoms with van der Waals surface area (Å²) in [6.07, 6.45) is 1.89. The van der Waals surface area contributed by atoms with E-state index in [2.05, 4.69) is 15.9 Å². The first-order valence-electron chi connectivity index (χ1n) is 5.70. The average molecular weight is 308 g/mol. The highest BCUT2D eigenvalue weighted by Gasteiger charge is 2.15. The third-order valence-electron chi connectivity index (χ3n) is 2.80. The minimum Gasteiger partial charge on any atom is -0.477 e. The largest absolute Gasteiger partial charge is 0.477 e. The van der Waals surface area contributed by atoms with E-state index in [0.29, 0.717) is 5.69 Å². The fourth-order valence-corrected chi connectivity index (χ4v) is 2.14. The molecule has 1 aromatic carbocycles. The Balaban J connectivity index is 2.49. The van der Waals surface area contributed by atoms with E-state index in [1.807, 2.05) is 44.3 Å². The molecule has 0 saturated heterocycles. The zero-order chi connectivity index (χ0) is 13.3. The summed E-state index contributed by atoms with van der Waals surface area (Å²) < 4.78 is 2.78. The van der Waals surface area contributed by atoms with Crippen molar-refractivity contribution in [3.63, 3.8) is 0 Å². The lowest BCUT2D eigenvalue weighted by molar-refractivity contribution is 0.0683. The Morgan fingerprint density at radius 3 is 2.28 bits per heavy atom. The van der Waals surface area contributed by atoms with E-state index >= 15 is 0 Å². The Bertz CT molecular complexity index is 570. The summed E-state index contributed by atoms with van der Waals surface area (Å²) in [6.45, 7) is 3.94. The quantitative estimate of drug-likeness (QED) is 0.923. The van der Waals surface area contributed by atoms with Gasteiger partial charge in [-0.05, 0) is 37.6 Å². The standard InChI is InChI=1S/C14H14BrNO2/c1-9(2)16-8-11(7-13(16)14(17)18)10-3-5-12(15)6-4-10/h3-9H,1-2H3,(H,17,18). The van der Waals surface area contributed by atoms with Crippen LogP contribution in [0.3, 0.4) is 0 Å². The van der Waals surface area contributed by atoms with E-state index in [9.17, 15) is 9.90 Å². The lowest BCUT2D eigenvalue weighted by atomic mass is 10.1. The van der Waals surface area contributed by atoms with Crippen LogP contribution in [-0.4, -0.2) is 15.6 Å². The molecule has 3 nitrogen and oxygen atoms in total. The van der Waals surface area contributed by atoms with E-state index in [1.165, 1.54) is 0 Å². The van der Waals surface area contributed by atoms with Gasteiger partial charge in [-0.1, -0.05) is 28.1 Å². The molecule has 1 N–H and O–H groups in total. The zero-order valence-electron chi connectivity index (χ0n) is 10.2. The molecule has 94 valence electrons. The van der Waals surface area contributed by atoms with Gasteiger partial charge in [0.15, 0.2) is 0 Å². The molecule has 18 heavy (non-hydrogen) atoms. The topological polar surface area (TPSA) is 42.2 Å². The van der Waals surface area contributed by atoms with Crippen LogP contribution >= 0.6 is 15.9 Å². The Kier molecular flexibility index (Phi) is 3.57. The van der Waals surface area contributed by atoms with Crippen molar-refractivity contribution in [2.45, 2.75) is 19.9 Å². The molecular formula is C14H14BrNO2. The number of carboxylic acid groups (broad SMARTS) is 1. The molecule has 0 unspecified atom stereocenters. The van der Waals surface area contributed by atoms with Gasteiger partial charge >= 0.3 is 5.97 Å². The summed E-state index contributed by atoms with van der Waals surface area (Å²) in [5, 5.41) is 9.19. The van der Waals surface area contributed by atoms with Crippen molar-refractivity contribution < 1.29 is 9.90 Å². The molecule has 0 amide bonds. The molecule has 0 bridgehead atoms. The van der Waals surface area contributed by atoms with Crippen molar-refractivity contribution in [2.75, 3.05) is 0 Å². The minimum atomic E-state index is -0.896. The van der Waals surface area contributed by atoms with Crippen molar-refractivity contribution in [3.8, 4) is 11.1 Å². The van der Waals surface area contributed by atoms with Gasteiger partial charge in [0.2, 0.25) is 0 Å². The van der Waals surface area contributed by atoms with Crippen molar-refractivity contribution in [2.24, 2.45) is 0 Å². The smallest absolute Gasteiger partial charge is 0.352 e. The molecule has 1 heterocycles. The number of carboxylic acids is 1. The molecule has 0 aliphatic carbocycles. The number of aromatic carboxylic acids is 1. The van der Waals surface area contributed by atoms with E-state index in [4.69, 9.17) is 0 Å². The van der Waals surface area contributed by atoms with Crippen LogP contribution in [0.2, 0.25) is 0 Å². The van der Waals surface area contributed by atoms with Crippen LogP contribution in [0.1, 0.15) is 30.4 Å². The van der Waals surface area contributed by atoms with Crippen LogP contribution < -0.4 is 0 Å². The molecule has 2 aromatic rings. The number of halogens is 1. The van der Waals surface area contributed by atoms with Crippen LogP contribution in [-0.2, 0) is 0 Å². The average Bonchev–Trinajstić information content (AvgIpc) is 2.75. The lowest BCUT2D eigenvalue weighted by Gasteiger charge is -2.09. The molecule has 0 atom stereocenters. The zero-order valence-corrected chi connectivity index (χ0v) is 11.8. The van der Waals surface area contributed by atoms with Crippen molar-refractivity contribution in [1.29, 1.82) is 0 Å². The van der Waals surface area contributed by atoms with Gasteiger partial charge in [-0.15, -0.1) is 0 Å². The van der Waals surface area contributed by atoms with Crippen LogP contribution in [0.15, 0.2) is 41.0 Å². The third-order valence-corrected chi connectivity index (χ3v) is 3.33. The first kappa shape index (κ1) is 12.9. The number of nitrogens with zero attached hydrogens (tertiary/aromatic N) is 1. The van der Waals surface area contributed by atoms with Crippen molar-refractivity contribution in [3.05, 3.63) is 46.7 Å². The van der Waals surface area contributed by atoms with E-state index < -0.39 is 5.97 Å². The van der Waals surface area contributed by atoms with Crippen molar-refractivity contribution in [1.82, 2.24) is 4.57 Å². The molecule has 0 fully saturated rings. The molecule has 0 aliphatic heterocycles. The highest BCUT2D eigenvalue weighted by Crippen LogP contribution is 2.26. The maximum atomic E-state index is 11.2. The Labute approximate surface area is 114 Å². The van der Waals surface area contributed by atoms with E-state index in [0.717, 1.165) is 15.6 Å². The highest BCUT2D eigenvalue weighted by molar-refractivity contribution is 9.10. The van der Waals surface area contributed by atoms with Gasteiger partial charge in [0.05, 0.1) is 0 Å². The molecule has 0 spiro atoms. The Morgan fingerprint density at radius 1 is 1.22 bits per heavy atom. The minimum absolute atomic E-state index is 0.125. The second kappa shape index (κ2) is 4.98. The summed E-state index contributed by atoms with van der Waals surface area (Å²) in [7, 11) is 0. The highest BCUT2D eigenvalue weighted by atomic mass is 79.9. The summed E-state index contributed by atoms with van der Waals surface area (Å²) in [4.78, 5) is 11.2. The first-order chi connectivity index (χ1) is 8.49. The van der Waals surface area contributed by atoms with Gasteiger partial charge < -0.3 is 9.67 Å². The lowest BCUT2D eigenvalue weighted by Crippen LogP contribution is -2.09. The van der Waals surface area contributed by atoms with Gasteiger partial charge in [0, 0.05) is 22.3 Å². The van der Waals surface area contributed by atoms with Gasteiger partial charge in [-0.3, -0.25) is 0 Å². The number of hydrogen-bond donors (Lipinski definition) is 1. The molecule has 0 saturated carbocycles. The fourth-order valence-electron chi connectivity index (χ4n) is 1.88. The molecule has 0 radical (unpaired) electrons. The predicted octanol–water partition coefficient (Wildman–Crippen LogP) is 4.20. The third kappa shape index (κ3) is 2.48. The molecule has 0 aliphatic rings. The molecule has 1 aromatic heterocycles. The Hall–Kier alpha value is -1.55. The molecular weight excluding hydrogens is 294 g/mol. The van der Waals surface area contributed by atoms with Crippen LogP contribution in [0.5, 0.6) is 0 Å². The van der Waals surface area contributed by atoms with Crippen LogP contribution in [0.25, 0.3) is 11.1 Å². The van der Waals surface area contributed by atoms with E-state index in [-0.39, 0.29) is 6.04 Å². The number of aromatic nitrogens is 1. The Morgan fingerprint density at radius 2 is 1.83 bits per heavy atom. The SMILES string of the molecule is CC(C)n1cc(-c2ccc(Br)cc2)cc1C(=O)O. The second-order valence-corrected chi connectivity index (χ2v) is 5.34.